The van der Waals surface area contributed by atoms with Crippen LogP contribution in [0.15, 0.2) is 18.7 Å². The third-order valence-electron chi connectivity index (χ3n) is 1.88. The predicted octanol–water partition coefficient (Wildman–Crippen LogP) is 2.47. The fourth-order valence-corrected chi connectivity index (χ4v) is 1.35. The SMILES string of the molecule is C=CCC(C)Nc1cc(C)nc(C)n1. The number of rotatable bonds is 4. The highest BCUT2D eigenvalue weighted by atomic mass is 15.0. The molecule has 1 rings (SSSR count). The fourth-order valence-electron chi connectivity index (χ4n) is 1.35. The lowest BCUT2D eigenvalue weighted by atomic mass is 10.2. The van der Waals surface area contributed by atoms with E-state index in [2.05, 4.69) is 28.8 Å². The monoisotopic (exact) mass is 191 g/mol. The Kier molecular flexibility index (Phi) is 3.63. The summed E-state index contributed by atoms with van der Waals surface area (Å²) in [5.74, 6) is 1.70. The van der Waals surface area contributed by atoms with Crippen molar-refractivity contribution >= 4 is 5.82 Å². The van der Waals surface area contributed by atoms with Gasteiger partial charge in [0, 0.05) is 17.8 Å². The van der Waals surface area contributed by atoms with Crippen LogP contribution in [0.1, 0.15) is 24.9 Å². The summed E-state index contributed by atoms with van der Waals surface area (Å²) >= 11 is 0. The van der Waals surface area contributed by atoms with E-state index in [1.807, 2.05) is 26.0 Å². The molecule has 0 saturated carbocycles. The standard InChI is InChI=1S/C11H17N3/c1-5-6-8(2)13-11-7-9(3)12-10(4)14-11/h5,7-8H,1,6H2,2-4H3,(H,12,13,14). The van der Waals surface area contributed by atoms with E-state index in [0.717, 1.165) is 23.8 Å². The van der Waals surface area contributed by atoms with Gasteiger partial charge in [0.25, 0.3) is 0 Å². The summed E-state index contributed by atoms with van der Waals surface area (Å²) in [6.45, 7) is 9.68. The van der Waals surface area contributed by atoms with E-state index in [1.54, 1.807) is 0 Å². The first-order valence-electron chi connectivity index (χ1n) is 4.81. The van der Waals surface area contributed by atoms with E-state index in [9.17, 15) is 0 Å². The molecule has 0 bridgehead atoms. The minimum absolute atomic E-state index is 0.362. The van der Waals surface area contributed by atoms with E-state index in [0.29, 0.717) is 6.04 Å². The average molecular weight is 191 g/mol. The van der Waals surface area contributed by atoms with Gasteiger partial charge in [-0.05, 0) is 27.2 Å². The second-order valence-corrected chi connectivity index (χ2v) is 3.51. The molecule has 0 fully saturated rings. The van der Waals surface area contributed by atoms with Crippen molar-refractivity contribution in [1.82, 2.24) is 9.97 Å². The molecule has 0 amide bonds. The van der Waals surface area contributed by atoms with Gasteiger partial charge in [0.2, 0.25) is 0 Å². The van der Waals surface area contributed by atoms with Gasteiger partial charge in [0.1, 0.15) is 11.6 Å². The Balaban J connectivity index is 2.71. The molecule has 3 heteroatoms. The minimum Gasteiger partial charge on any atom is -0.367 e. The Labute approximate surface area is 85.3 Å². The Morgan fingerprint density at radius 1 is 1.50 bits per heavy atom. The maximum atomic E-state index is 4.30. The Hall–Kier alpha value is -1.38. The average Bonchev–Trinajstić information content (AvgIpc) is 2.01. The van der Waals surface area contributed by atoms with Crippen molar-refractivity contribution in [3.8, 4) is 0 Å². The lowest BCUT2D eigenvalue weighted by molar-refractivity contribution is 0.802. The van der Waals surface area contributed by atoms with E-state index < -0.39 is 0 Å². The molecule has 3 nitrogen and oxygen atoms in total. The van der Waals surface area contributed by atoms with Crippen LogP contribution in [0, 0.1) is 13.8 Å². The summed E-state index contributed by atoms with van der Waals surface area (Å²) in [6.07, 6.45) is 2.83. The van der Waals surface area contributed by atoms with Gasteiger partial charge in [0.15, 0.2) is 0 Å². The van der Waals surface area contributed by atoms with E-state index in [1.165, 1.54) is 0 Å². The number of nitrogens with one attached hydrogen (secondary N) is 1. The van der Waals surface area contributed by atoms with Crippen LogP contribution in [0.2, 0.25) is 0 Å². The molecule has 0 aromatic carbocycles. The fraction of sp³-hybridized carbons (Fsp3) is 0.455. The van der Waals surface area contributed by atoms with Crippen LogP contribution in [0.4, 0.5) is 5.82 Å². The number of nitrogens with zero attached hydrogens (tertiary/aromatic N) is 2. The summed E-state index contributed by atoms with van der Waals surface area (Å²) in [4.78, 5) is 8.52. The Morgan fingerprint density at radius 3 is 2.79 bits per heavy atom. The van der Waals surface area contributed by atoms with Gasteiger partial charge in [-0.25, -0.2) is 9.97 Å². The van der Waals surface area contributed by atoms with Crippen LogP contribution >= 0.6 is 0 Å². The number of aromatic nitrogens is 2. The second-order valence-electron chi connectivity index (χ2n) is 3.51. The molecule has 0 radical (unpaired) electrons. The van der Waals surface area contributed by atoms with Gasteiger partial charge >= 0.3 is 0 Å². The van der Waals surface area contributed by atoms with Crippen molar-refractivity contribution in [2.45, 2.75) is 33.2 Å². The largest absolute Gasteiger partial charge is 0.367 e. The van der Waals surface area contributed by atoms with Gasteiger partial charge in [0.05, 0.1) is 0 Å². The summed E-state index contributed by atoms with van der Waals surface area (Å²) < 4.78 is 0. The lowest BCUT2D eigenvalue weighted by Gasteiger charge is -2.12. The summed E-state index contributed by atoms with van der Waals surface area (Å²) in [5.41, 5.74) is 0.991. The van der Waals surface area contributed by atoms with Crippen LogP contribution in [0.5, 0.6) is 0 Å². The Bertz CT molecular complexity index is 300. The first-order valence-corrected chi connectivity index (χ1v) is 4.81. The molecule has 0 spiro atoms. The zero-order valence-electron chi connectivity index (χ0n) is 9.04. The number of hydrogen-bond donors (Lipinski definition) is 1. The molecule has 0 aliphatic rings. The third-order valence-corrected chi connectivity index (χ3v) is 1.88. The molecular formula is C11H17N3. The molecule has 0 saturated heterocycles. The van der Waals surface area contributed by atoms with Gasteiger partial charge in [-0.2, -0.15) is 0 Å². The highest BCUT2D eigenvalue weighted by Gasteiger charge is 2.02. The molecule has 1 atom stereocenters. The van der Waals surface area contributed by atoms with Crippen LogP contribution < -0.4 is 5.32 Å². The normalized spacial score (nSPS) is 12.2. The van der Waals surface area contributed by atoms with Crippen molar-refractivity contribution in [3.05, 3.63) is 30.2 Å². The maximum absolute atomic E-state index is 4.30. The summed E-state index contributed by atoms with van der Waals surface area (Å²) in [6, 6.07) is 2.31. The van der Waals surface area contributed by atoms with Crippen molar-refractivity contribution < 1.29 is 0 Å². The lowest BCUT2D eigenvalue weighted by Crippen LogP contribution is -2.15. The maximum Gasteiger partial charge on any atom is 0.130 e. The molecule has 76 valence electrons. The zero-order valence-corrected chi connectivity index (χ0v) is 9.04. The number of hydrogen-bond acceptors (Lipinski definition) is 3. The quantitative estimate of drug-likeness (QED) is 0.743. The molecule has 1 N–H and O–H groups in total. The van der Waals surface area contributed by atoms with Crippen molar-refractivity contribution in [2.24, 2.45) is 0 Å². The third kappa shape index (κ3) is 3.17. The second kappa shape index (κ2) is 4.74. The molecule has 1 aromatic rings. The van der Waals surface area contributed by atoms with Crippen LogP contribution in [0.25, 0.3) is 0 Å². The molecule has 1 heterocycles. The van der Waals surface area contributed by atoms with Gasteiger partial charge in [-0.3, -0.25) is 0 Å². The van der Waals surface area contributed by atoms with E-state index >= 15 is 0 Å². The van der Waals surface area contributed by atoms with Crippen LogP contribution in [-0.2, 0) is 0 Å². The topological polar surface area (TPSA) is 37.8 Å². The highest BCUT2D eigenvalue weighted by molar-refractivity contribution is 5.36. The van der Waals surface area contributed by atoms with Crippen molar-refractivity contribution in [1.29, 1.82) is 0 Å². The minimum atomic E-state index is 0.362. The predicted molar refractivity (Wildman–Crippen MR) is 59.4 cm³/mol. The van der Waals surface area contributed by atoms with E-state index in [4.69, 9.17) is 0 Å². The summed E-state index contributed by atoms with van der Waals surface area (Å²) in [7, 11) is 0. The molecule has 1 aromatic heterocycles. The van der Waals surface area contributed by atoms with Crippen molar-refractivity contribution in [3.63, 3.8) is 0 Å². The number of aryl methyl sites for hydroxylation is 2. The zero-order chi connectivity index (χ0) is 10.6. The van der Waals surface area contributed by atoms with Gasteiger partial charge < -0.3 is 5.32 Å². The first-order chi connectivity index (χ1) is 6.61. The number of anilines is 1. The van der Waals surface area contributed by atoms with Gasteiger partial charge in [-0.15, -0.1) is 6.58 Å². The Morgan fingerprint density at radius 2 is 2.21 bits per heavy atom. The van der Waals surface area contributed by atoms with Crippen LogP contribution in [0.3, 0.4) is 0 Å². The smallest absolute Gasteiger partial charge is 0.130 e. The molecule has 0 aliphatic heterocycles. The molecule has 14 heavy (non-hydrogen) atoms. The van der Waals surface area contributed by atoms with Crippen molar-refractivity contribution in [2.75, 3.05) is 5.32 Å². The first kappa shape index (κ1) is 10.7. The highest BCUT2D eigenvalue weighted by Crippen LogP contribution is 2.08. The van der Waals surface area contributed by atoms with E-state index in [-0.39, 0.29) is 0 Å². The van der Waals surface area contributed by atoms with Gasteiger partial charge in [-0.1, -0.05) is 6.08 Å². The molecule has 0 aliphatic carbocycles. The summed E-state index contributed by atoms with van der Waals surface area (Å²) in [5, 5.41) is 3.30. The molecular weight excluding hydrogens is 174 g/mol. The molecule has 1 unspecified atom stereocenters. The van der Waals surface area contributed by atoms with Crippen LogP contribution in [-0.4, -0.2) is 16.0 Å².